The Hall–Kier alpha value is -1.71. The normalized spacial score (nSPS) is 34.7. The van der Waals surface area contributed by atoms with Gasteiger partial charge in [0.15, 0.2) is 17.0 Å². The molecule has 0 aromatic heterocycles. The van der Waals surface area contributed by atoms with Gasteiger partial charge in [-0.1, -0.05) is 105 Å². The van der Waals surface area contributed by atoms with Gasteiger partial charge in [-0.25, -0.2) is 0 Å². The van der Waals surface area contributed by atoms with E-state index in [9.17, 15) is 19.5 Å². The van der Waals surface area contributed by atoms with Crippen molar-refractivity contribution in [3.8, 4) is 0 Å². The highest BCUT2D eigenvalue weighted by Crippen LogP contribution is 2.71. The molecule has 248 valence electrons. The first-order valence-electron chi connectivity index (χ1n) is 18.3. The van der Waals surface area contributed by atoms with Gasteiger partial charge in [-0.05, 0) is 111 Å². The number of fused-ring (bicyclic) bond motifs is 4. The summed E-state index contributed by atoms with van der Waals surface area (Å²) in [6, 6.07) is 0. The highest BCUT2D eigenvalue weighted by molar-refractivity contribution is 6.23. The van der Waals surface area contributed by atoms with Crippen LogP contribution >= 0.6 is 0 Å². The van der Waals surface area contributed by atoms with Crippen molar-refractivity contribution in [3.05, 3.63) is 24.3 Å². The average molecular weight is 609 g/mol. The Balaban J connectivity index is 1.44. The molecule has 4 fully saturated rings. The number of carboxylic acids is 1. The fourth-order valence-corrected chi connectivity index (χ4v) is 10.5. The van der Waals surface area contributed by atoms with Gasteiger partial charge in [-0.15, -0.1) is 0 Å². The van der Waals surface area contributed by atoms with Crippen molar-refractivity contribution < 1.29 is 19.5 Å². The molecule has 4 rings (SSSR count). The third kappa shape index (κ3) is 5.83. The van der Waals surface area contributed by atoms with E-state index < -0.39 is 11.4 Å². The Labute approximate surface area is 269 Å². The SMILES string of the molecule is CCCCC/C=C\C/C=C\CCCCCCC(C(=O)O)(C(=O)C1CC2CCC1(C)C2(C)C)C(=O)C1CC2CCC1(C)C2(C)C. The summed E-state index contributed by atoms with van der Waals surface area (Å²) in [4.78, 5) is 43.1. The number of rotatable bonds is 18. The van der Waals surface area contributed by atoms with Crippen LogP contribution in [0.15, 0.2) is 24.3 Å². The number of unbranched alkanes of at least 4 members (excludes halogenated alkanes) is 7. The molecule has 4 saturated carbocycles. The van der Waals surface area contributed by atoms with Gasteiger partial charge >= 0.3 is 5.97 Å². The van der Waals surface area contributed by atoms with E-state index >= 15 is 0 Å². The van der Waals surface area contributed by atoms with Crippen LogP contribution in [-0.2, 0) is 14.4 Å². The maximum absolute atomic E-state index is 14.8. The summed E-state index contributed by atoms with van der Waals surface area (Å²) in [6.07, 6.45) is 25.2. The zero-order chi connectivity index (χ0) is 32.4. The topological polar surface area (TPSA) is 71.4 Å². The number of allylic oxidation sites excluding steroid dienone is 4. The van der Waals surface area contributed by atoms with Gasteiger partial charge in [0.2, 0.25) is 0 Å². The molecule has 0 spiro atoms. The monoisotopic (exact) mass is 608 g/mol. The third-order valence-corrected chi connectivity index (χ3v) is 14.7. The predicted octanol–water partition coefficient (Wildman–Crippen LogP) is 10.5. The van der Waals surface area contributed by atoms with Crippen molar-refractivity contribution >= 4 is 17.5 Å². The number of carboxylic acid groups (broad SMARTS) is 1. The molecular weight excluding hydrogens is 544 g/mol. The fourth-order valence-electron chi connectivity index (χ4n) is 10.5. The summed E-state index contributed by atoms with van der Waals surface area (Å²) in [5, 5.41) is 11.0. The number of hydrogen-bond donors (Lipinski definition) is 1. The van der Waals surface area contributed by atoms with E-state index in [1.807, 2.05) is 0 Å². The third-order valence-electron chi connectivity index (χ3n) is 14.7. The van der Waals surface area contributed by atoms with Crippen LogP contribution < -0.4 is 0 Å². The molecule has 0 heterocycles. The second-order valence-corrected chi connectivity index (χ2v) is 16.9. The molecule has 4 aliphatic rings. The van der Waals surface area contributed by atoms with Crippen LogP contribution in [0.1, 0.15) is 158 Å². The average Bonchev–Trinajstić information content (AvgIpc) is 3.50. The van der Waals surface area contributed by atoms with Crippen LogP contribution in [0.4, 0.5) is 0 Å². The van der Waals surface area contributed by atoms with E-state index in [0.29, 0.717) is 18.3 Å². The molecule has 4 heteroatoms. The minimum atomic E-state index is -1.91. The lowest BCUT2D eigenvalue weighted by molar-refractivity contribution is -0.167. The molecule has 44 heavy (non-hydrogen) atoms. The lowest BCUT2D eigenvalue weighted by atomic mass is 9.56. The summed E-state index contributed by atoms with van der Waals surface area (Å²) >= 11 is 0. The first-order chi connectivity index (χ1) is 20.7. The number of carbonyl (C=O) groups excluding carboxylic acids is 2. The molecule has 4 aliphatic carbocycles. The van der Waals surface area contributed by atoms with Crippen LogP contribution in [0.5, 0.6) is 0 Å². The lowest BCUT2D eigenvalue weighted by Crippen LogP contribution is -2.56. The molecule has 0 aromatic carbocycles. The summed E-state index contributed by atoms with van der Waals surface area (Å²) in [5.41, 5.74) is -2.43. The largest absolute Gasteiger partial charge is 0.480 e. The number of Topliss-reactive ketones (excluding diaryl/α,β-unsaturated/α-hetero) is 2. The predicted molar refractivity (Wildman–Crippen MR) is 180 cm³/mol. The molecule has 0 saturated heterocycles. The smallest absolute Gasteiger partial charge is 0.324 e. The van der Waals surface area contributed by atoms with Crippen LogP contribution in [0.2, 0.25) is 0 Å². The molecular formula is C40H64O4. The molecule has 6 atom stereocenters. The van der Waals surface area contributed by atoms with E-state index in [2.05, 4.69) is 72.8 Å². The standard InChI is InChI=1S/C40H64O4/c1-8-9-10-11-12-13-14-15-16-17-18-19-20-21-24-40(35(43)44,33(41)31-27-29-22-25-38(31,6)36(29,2)3)34(42)32-28-30-23-26-39(32,7)37(30,4)5/h12-13,15-16,29-32H,8-11,14,17-28H2,1-7H3,(H,43,44)/b13-12-,16-15-. The van der Waals surface area contributed by atoms with Gasteiger partial charge in [-0.2, -0.15) is 0 Å². The van der Waals surface area contributed by atoms with Gasteiger partial charge in [0.1, 0.15) is 0 Å². The van der Waals surface area contributed by atoms with Gasteiger partial charge in [-0.3, -0.25) is 14.4 Å². The van der Waals surface area contributed by atoms with Crippen LogP contribution in [0, 0.1) is 50.7 Å². The molecule has 4 bridgehead atoms. The van der Waals surface area contributed by atoms with Crippen molar-refractivity contribution in [1.82, 2.24) is 0 Å². The Morgan fingerprint density at radius 2 is 1.14 bits per heavy atom. The lowest BCUT2D eigenvalue weighted by Gasteiger charge is -2.44. The van der Waals surface area contributed by atoms with Crippen LogP contribution in [-0.4, -0.2) is 22.6 Å². The molecule has 0 amide bonds. The first-order valence-corrected chi connectivity index (χ1v) is 18.3. The summed E-state index contributed by atoms with van der Waals surface area (Å²) in [6.45, 7) is 15.7. The number of aliphatic carboxylic acids is 1. The van der Waals surface area contributed by atoms with Gasteiger partial charge < -0.3 is 5.11 Å². The second kappa shape index (κ2) is 13.6. The number of ketones is 2. The molecule has 0 radical (unpaired) electrons. The second-order valence-electron chi connectivity index (χ2n) is 16.9. The highest BCUT2D eigenvalue weighted by Gasteiger charge is 2.71. The molecule has 4 nitrogen and oxygen atoms in total. The molecule has 0 aliphatic heterocycles. The van der Waals surface area contributed by atoms with Crippen LogP contribution in [0.3, 0.4) is 0 Å². The minimum Gasteiger partial charge on any atom is -0.480 e. The summed E-state index contributed by atoms with van der Waals surface area (Å²) in [5.74, 6) is -1.52. The van der Waals surface area contributed by atoms with Crippen molar-refractivity contribution in [3.63, 3.8) is 0 Å². The van der Waals surface area contributed by atoms with E-state index in [1.165, 1.54) is 25.7 Å². The highest BCUT2D eigenvalue weighted by atomic mass is 16.4. The Kier molecular flexibility index (Phi) is 10.8. The zero-order valence-corrected chi connectivity index (χ0v) is 29.3. The van der Waals surface area contributed by atoms with Gasteiger partial charge in [0.05, 0.1) is 0 Å². The Morgan fingerprint density at radius 1 is 0.682 bits per heavy atom. The quantitative estimate of drug-likeness (QED) is 0.0954. The summed E-state index contributed by atoms with van der Waals surface area (Å²) < 4.78 is 0. The molecule has 1 N–H and O–H groups in total. The van der Waals surface area contributed by atoms with Crippen LogP contribution in [0.25, 0.3) is 0 Å². The zero-order valence-electron chi connectivity index (χ0n) is 29.3. The summed E-state index contributed by atoms with van der Waals surface area (Å²) in [7, 11) is 0. The van der Waals surface area contributed by atoms with Crippen molar-refractivity contribution in [2.75, 3.05) is 0 Å². The molecule has 6 unspecified atom stereocenters. The molecule has 0 aromatic rings. The maximum atomic E-state index is 14.8. The van der Waals surface area contributed by atoms with Crippen molar-refractivity contribution in [2.24, 2.45) is 50.7 Å². The number of carbonyl (C=O) groups is 3. The van der Waals surface area contributed by atoms with E-state index in [0.717, 1.165) is 70.6 Å². The van der Waals surface area contributed by atoms with Gasteiger partial charge in [0.25, 0.3) is 0 Å². The van der Waals surface area contributed by atoms with Gasteiger partial charge in [0, 0.05) is 11.8 Å². The van der Waals surface area contributed by atoms with Crippen molar-refractivity contribution in [2.45, 2.75) is 158 Å². The maximum Gasteiger partial charge on any atom is 0.324 e. The fraction of sp³-hybridized carbons (Fsp3) is 0.825. The van der Waals surface area contributed by atoms with Crippen molar-refractivity contribution in [1.29, 1.82) is 0 Å². The Morgan fingerprint density at radius 3 is 1.52 bits per heavy atom. The number of hydrogen-bond acceptors (Lipinski definition) is 3. The first kappa shape index (κ1) is 35.1. The van der Waals surface area contributed by atoms with E-state index in [-0.39, 0.29) is 51.5 Å². The van der Waals surface area contributed by atoms with E-state index in [4.69, 9.17) is 0 Å². The minimum absolute atomic E-state index is 0.0145. The van der Waals surface area contributed by atoms with E-state index in [1.54, 1.807) is 0 Å². The Bertz CT molecular complexity index is 1050.